The molecule has 7 heteroatoms. The second-order valence-electron chi connectivity index (χ2n) is 5.33. The van der Waals surface area contributed by atoms with Gasteiger partial charge in [-0.3, -0.25) is 4.55 Å². The summed E-state index contributed by atoms with van der Waals surface area (Å²) in [5.41, 5.74) is 0. The van der Waals surface area contributed by atoms with Crippen LogP contribution in [0, 0.1) is 17.8 Å². The van der Waals surface area contributed by atoms with Gasteiger partial charge >= 0.3 is 0 Å². The molecule has 106 valence electrons. The van der Waals surface area contributed by atoms with Crippen molar-refractivity contribution in [2.45, 2.75) is 25.0 Å². The van der Waals surface area contributed by atoms with Crippen LogP contribution in [0.25, 0.3) is 0 Å². The van der Waals surface area contributed by atoms with E-state index in [1.54, 1.807) is 0 Å². The highest BCUT2D eigenvalue weighted by atomic mass is 32.2. The monoisotopic (exact) mass is 280 g/mol. The van der Waals surface area contributed by atoms with Gasteiger partial charge in [0.1, 0.15) is 0 Å². The summed E-state index contributed by atoms with van der Waals surface area (Å²) in [5.74, 6) is 1.35. The van der Waals surface area contributed by atoms with Crippen molar-refractivity contribution < 1.29 is 27.6 Å². The van der Waals surface area contributed by atoms with E-state index in [-0.39, 0.29) is 5.79 Å². The highest BCUT2D eigenvalue weighted by Crippen LogP contribution is 2.56. The van der Waals surface area contributed by atoms with Crippen LogP contribution in [-0.4, -0.2) is 49.9 Å². The van der Waals surface area contributed by atoms with E-state index in [0.29, 0.717) is 24.7 Å². The van der Waals surface area contributed by atoms with Crippen LogP contribution in [0.4, 0.5) is 0 Å². The minimum Gasteiger partial charge on any atom is -0.396 e. The Morgan fingerprint density at radius 1 is 1.28 bits per heavy atom. The molecule has 1 heterocycles. The van der Waals surface area contributed by atoms with Crippen molar-refractivity contribution >= 4 is 10.1 Å². The van der Waals surface area contributed by atoms with Crippen molar-refractivity contribution in [1.29, 1.82) is 0 Å². The summed E-state index contributed by atoms with van der Waals surface area (Å²) in [6.45, 7) is 1.78. The number of fused-ring (bicyclic) bond motifs is 3. The van der Waals surface area contributed by atoms with Crippen LogP contribution < -0.4 is 0 Å². The molecule has 3 unspecified atom stereocenters. The van der Waals surface area contributed by atoms with Gasteiger partial charge < -0.3 is 14.6 Å². The first kappa shape index (κ1) is 14.2. The second-order valence-corrected chi connectivity index (χ2v) is 6.80. The summed E-state index contributed by atoms with van der Waals surface area (Å²) in [4.78, 5) is 0. The van der Waals surface area contributed by atoms with Crippen LogP contribution in [0.2, 0.25) is 0 Å². The molecule has 1 aliphatic heterocycles. The average Bonchev–Trinajstić information content (AvgIpc) is 2.91. The first-order valence-electron chi connectivity index (χ1n) is 6.15. The Balaban J connectivity index is 0.000000209. The summed E-state index contributed by atoms with van der Waals surface area (Å²) in [7, 11) is -3.67. The molecule has 0 aromatic carbocycles. The molecule has 2 saturated carbocycles. The van der Waals surface area contributed by atoms with Gasteiger partial charge in [0.05, 0.1) is 19.5 Å². The van der Waals surface area contributed by atoms with Gasteiger partial charge in [-0.05, 0) is 24.7 Å². The lowest BCUT2D eigenvalue weighted by atomic mass is 9.84. The van der Waals surface area contributed by atoms with E-state index in [9.17, 15) is 13.5 Å². The van der Waals surface area contributed by atoms with Crippen molar-refractivity contribution in [2.24, 2.45) is 17.8 Å². The molecule has 6 nitrogen and oxygen atoms in total. The van der Waals surface area contributed by atoms with Crippen LogP contribution in [0.3, 0.4) is 0 Å². The lowest BCUT2D eigenvalue weighted by Gasteiger charge is -2.35. The molecule has 2 aliphatic carbocycles. The molecular weight excluding hydrogens is 260 g/mol. The average molecular weight is 280 g/mol. The molecule has 1 saturated heterocycles. The molecule has 2 bridgehead atoms. The first-order valence-corrected chi connectivity index (χ1v) is 8.00. The third-order valence-electron chi connectivity index (χ3n) is 3.94. The standard InChI is InChI=1S/C10H16O3.CH4O3S/c11-6-8-3-7-4-9(8)10(5-7)12-1-2-13-10;1-5(2,3)4/h7-9,11H,1-6H2;1H3,(H,2,3,4). The van der Waals surface area contributed by atoms with Gasteiger partial charge in [-0.1, -0.05) is 0 Å². The highest BCUT2D eigenvalue weighted by Gasteiger charge is 2.58. The van der Waals surface area contributed by atoms with Crippen LogP contribution in [-0.2, 0) is 19.6 Å². The molecule has 3 rings (SSSR count). The molecule has 0 aromatic heterocycles. The normalized spacial score (nSPS) is 36.7. The second kappa shape index (κ2) is 5.05. The maximum atomic E-state index is 9.22. The van der Waals surface area contributed by atoms with Gasteiger partial charge in [0.2, 0.25) is 0 Å². The van der Waals surface area contributed by atoms with Crippen LogP contribution in [0.1, 0.15) is 19.3 Å². The lowest BCUT2D eigenvalue weighted by Crippen LogP contribution is -2.41. The van der Waals surface area contributed by atoms with Crippen molar-refractivity contribution in [1.82, 2.24) is 0 Å². The summed E-state index contributed by atoms with van der Waals surface area (Å²) in [6.07, 6.45) is 4.15. The maximum Gasteiger partial charge on any atom is 0.261 e. The predicted octanol–water partition coefficient (Wildman–Crippen LogP) is 0.272. The van der Waals surface area contributed by atoms with Gasteiger partial charge in [0.25, 0.3) is 10.1 Å². The maximum absolute atomic E-state index is 9.22. The highest BCUT2D eigenvalue weighted by molar-refractivity contribution is 7.85. The third-order valence-corrected chi connectivity index (χ3v) is 3.94. The quantitative estimate of drug-likeness (QED) is 0.670. The van der Waals surface area contributed by atoms with Crippen molar-refractivity contribution in [3.63, 3.8) is 0 Å². The van der Waals surface area contributed by atoms with Gasteiger partial charge in [0, 0.05) is 18.9 Å². The minimum absolute atomic E-state index is 0.281. The Morgan fingerprint density at radius 2 is 1.83 bits per heavy atom. The number of ether oxygens (including phenoxy) is 2. The zero-order chi connectivity index (χ0) is 13.4. The zero-order valence-electron chi connectivity index (χ0n) is 10.4. The van der Waals surface area contributed by atoms with Crippen molar-refractivity contribution in [3.05, 3.63) is 0 Å². The number of hydrogen-bond donors (Lipinski definition) is 2. The summed E-state index contributed by atoms with van der Waals surface area (Å²) in [6, 6.07) is 0. The lowest BCUT2D eigenvalue weighted by molar-refractivity contribution is -0.204. The number of rotatable bonds is 1. The Hall–Kier alpha value is -0.210. The van der Waals surface area contributed by atoms with Gasteiger partial charge in [-0.2, -0.15) is 8.42 Å². The predicted molar refractivity (Wildman–Crippen MR) is 63.5 cm³/mol. The molecule has 3 aliphatic rings. The van der Waals surface area contributed by atoms with Crippen LogP contribution >= 0.6 is 0 Å². The first-order chi connectivity index (χ1) is 8.34. The largest absolute Gasteiger partial charge is 0.396 e. The van der Waals surface area contributed by atoms with E-state index in [0.717, 1.165) is 25.6 Å². The molecule has 0 radical (unpaired) electrons. The smallest absolute Gasteiger partial charge is 0.261 e. The molecule has 3 fully saturated rings. The summed E-state index contributed by atoms with van der Waals surface area (Å²) >= 11 is 0. The molecule has 0 aromatic rings. The van der Waals surface area contributed by atoms with E-state index >= 15 is 0 Å². The molecule has 2 N–H and O–H groups in total. The van der Waals surface area contributed by atoms with Crippen LogP contribution in [0.5, 0.6) is 0 Å². The minimum atomic E-state index is -3.67. The van der Waals surface area contributed by atoms with Crippen molar-refractivity contribution in [3.8, 4) is 0 Å². The van der Waals surface area contributed by atoms with E-state index in [1.165, 1.54) is 12.8 Å². The van der Waals surface area contributed by atoms with Crippen molar-refractivity contribution in [2.75, 3.05) is 26.1 Å². The van der Waals surface area contributed by atoms with E-state index in [1.807, 2.05) is 0 Å². The fourth-order valence-corrected chi connectivity index (χ4v) is 3.50. The number of hydrogen-bond acceptors (Lipinski definition) is 5. The Labute approximate surface area is 107 Å². The SMILES string of the molecule is CS(=O)(=O)O.OCC1CC2CC1C1(C2)OCCO1. The fraction of sp³-hybridized carbons (Fsp3) is 1.00. The molecule has 1 spiro atoms. The number of aliphatic hydroxyl groups is 1. The molecule has 3 atom stereocenters. The van der Waals surface area contributed by atoms with Gasteiger partial charge in [0.15, 0.2) is 5.79 Å². The van der Waals surface area contributed by atoms with Crippen LogP contribution in [0.15, 0.2) is 0 Å². The topological polar surface area (TPSA) is 93.1 Å². The summed E-state index contributed by atoms with van der Waals surface area (Å²) < 4.78 is 37.3. The zero-order valence-corrected chi connectivity index (χ0v) is 11.2. The molecule has 0 amide bonds. The van der Waals surface area contributed by atoms with Gasteiger partial charge in [-0.25, -0.2) is 0 Å². The van der Waals surface area contributed by atoms with E-state index in [4.69, 9.17) is 14.0 Å². The summed E-state index contributed by atoms with van der Waals surface area (Å²) in [5, 5.41) is 9.22. The Morgan fingerprint density at radius 3 is 2.28 bits per heavy atom. The Kier molecular flexibility index (Phi) is 3.99. The third kappa shape index (κ3) is 3.03. The van der Waals surface area contributed by atoms with Gasteiger partial charge in [-0.15, -0.1) is 0 Å². The molecule has 18 heavy (non-hydrogen) atoms. The number of aliphatic hydroxyl groups excluding tert-OH is 1. The van der Waals surface area contributed by atoms with E-state index < -0.39 is 10.1 Å². The van der Waals surface area contributed by atoms with E-state index in [2.05, 4.69) is 0 Å². The Bertz CT molecular complexity index is 378. The molecular formula is C11H20O6S. The fourth-order valence-electron chi connectivity index (χ4n) is 3.50.